The van der Waals surface area contributed by atoms with Gasteiger partial charge in [0.2, 0.25) is 5.91 Å². The standard InChI is InChI=1S/C25H19BrFN3O5S/c1-34-20-11-15(10-19(26)23(20)35-14-18-4-2-3-9-28-18)12-21-24(32)30(25(33)36-21)13-22(31)29-17-7-5-16(27)6-8-17/h2-12H,13-14H2,1H3,(H,29,31)/b21-12+. The van der Waals surface area contributed by atoms with Crippen LogP contribution in [0.5, 0.6) is 11.5 Å². The smallest absolute Gasteiger partial charge is 0.294 e. The average Bonchev–Trinajstić information content (AvgIpc) is 3.12. The molecule has 3 aromatic rings. The summed E-state index contributed by atoms with van der Waals surface area (Å²) in [7, 11) is 1.49. The van der Waals surface area contributed by atoms with Gasteiger partial charge >= 0.3 is 0 Å². The number of aromatic nitrogens is 1. The van der Waals surface area contributed by atoms with Crippen LogP contribution in [0.15, 0.2) is 70.2 Å². The number of nitrogens with one attached hydrogen (secondary N) is 1. The van der Waals surface area contributed by atoms with E-state index in [-0.39, 0.29) is 11.5 Å². The molecule has 0 aliphatic carbocycles. The van der Waals surface area contributed by atoms with E-state index >= 15 is 0 Å². The highest BCUT2D eigenvalue weighted by atomic mass is 79.9. The number of halogens is 2. The summed E-state index contributed by atoms with van der Waals surface area (Å²) in [6.07, 6.45) is 3.21. The average molecular weight is 572 g/mol. The third-order valence-electron chi connectivity index (χ3n) is 4.94. The minimum absolute atomic E-state index is 0.158. The Hall–Kier alpha value is -3.70. The number of thioether (sulfide) groups is 1. The summed E-state index contributed by atoms with van der Waals surface area (Å²) in [5.74, 6) is -0.732. The predicted molar refractivity (Wildman–Crippen MR) is 137 cm³/mol. The van der Waals surface area contributed by atoms with Gasteiger partial charge in [0.05, 0.1) is 22.2 Å². The van der Waals surface area contributed by atoms with Crippen LogP contribution in [0.25, 0.3) is 6.08 Å². The molecule has 1 fully saturated rings. The van der Waals surface area contributed by atoms with Gasteiger partial charge in [-0.25, -0.2) is 4.39 Å². The molecule has 1 aliphatic rings. The van der Waals surface area contributed by atoms with Crippen molar-refractivity contribution in [3.63, 3.8) is 0 Å². The number of hydrogen-bond donors (Lipinski definition) is 1. The molecule has 1 aromatic heterocycles. The molecule has 3 amide bonds. The molecule has 0 saturated carbocycles. The van der Waals surface area contributed by atoms with Gasteiger partial charge in [-0.3, -0.25) is 24.3 Å². The monoisotopic (exact) mass is 571 g/mol. The lowest BCUT2D eigenvalue weighted by atomic mass is 10.2. The number of rotatable bonds is 8. The van der Waals surface area contributed by atoms with Crippen molar-refractivity contribution in [2.24, 2.45) is 0 Å². The summed E-state index contributed by atoms with van der Waals surface area (Å²) >= 11 is 4.20. The van der Waals surface area contributed by atoms with Crippen molar-refractivity contribution in [3.8, 4) is 11.5 Å². The van der Waals surface area contributed by atoms with Crippen molar-refractivity contribution < 1.29 is 28.2 Å². The van der Waals surface area contributed by atoms with Gasteiger partial charge in [-0.05, 0) is 87.9 Å². The van der Waals surface area contributed by atoms with E-state index in [1.54, 1.807) is 24.4 Å². The Labute approximate surface area is 218 Å². The van der Waals surface area contributed by atoms with E-state index in [1.165, 1.54) is 31.4 Å². The molecule has 0 bridgehead atoms. The molecule has 1 aliphatic heterocycles. The van der Waals surface area contributed by atoms with Crippen LogP contribution in [-0.2, 0) is 16.2 Å². The number of anilines is 1. The summed E-state index contributed by atoms with van der Waals surface area (Å²) in [5.41, 5.74) is 1.68. The molecule has 4 rings (SSSR count). The number of ether oxygens (including phenoxy) is 2. The number of methoxy groups -OCH3 is 1. The number of carbonyl (C=O) groups is 3. The van der Waals surface area contributed by atoms with Gasteiger partial charge in [0, 0.05) is 11.9 Å². The highest BCUT2D eigenvalue weighted by Gasteiger charge is 2.36. The number of hydrogen-bond acceptors (Lipinski definition) is 7. The number of imide groups is 1. The fourth-order valence-electron chi connectivity index (χ4n) is 3.26. The first-order valence-corrected chi connectivity index (χ1v) is 12.2. The molecule has 1 saturated heterocycles. The summed E-state index contributed by atoms with van der Waals surface area (Å²) in [4.78, 5) is 42.8. The van der Waals surface area contributed by atoms with Crippen LogP contribution < -0.4 is 14.8 Å². The fourth-order valence-corrected chi connectivity index (χ4v) is 4.67. The SMILES string of the molecule is COc1cc(/C=C2/SC(=O)N(CC(=O)Nc3ccc(F)cc3)C2=O)cc(Br)c1OCc1ccccn1. The van der Waals surface area contributed by atoms with Crippen LogP contribution in [0, 0.1) is 5.82 Å². The molecule has 36 heavy (non-hydrogen) atoms. The molecule has 0 unspecified atom stereocenters. The van der Waals surface area contributed by atoms with Crippen molar-refractivity contribution in [2.45, 2.75) is 6.61 Å². The quantitative estimate of drug-likeness (QED) is 0.369. The van der Waals surface area contributed by atoms with E-state index in [0.717, 1.165) is 22.4 Å². The third kappa shape index (κ3) is 6.10. The Balaban J connectivity index is 1.46. The maximum atomic E-state index is 13.0. The van der Waals surface area contributed by atoms with Crippen molar-refractivity contribution in [2.75, 3.05) is 19.0 Å². The first kappa shape index (κ1) is 25.4. The molecule has 0 spiro atoms. The second-order valence-electron chi connectivity index (χ2n) is 7.47. The Morgan fingerprint density at radius 1 is 1.19 bits per heavy atom. The van der Waals surface area contributed by atoms with Crippen LogP contribution in [0.1, 0.15) is 11.3 Å². The second kappa shape index (κ2) is 11.4. The zero-order chi connectivity index (χ0) is 25.7. The highest BCUT2D eigenvalue weighted by molar-refractivity contribution is 9.10. The largest absolute Gasteiger partial charge is 0.493 e. The first-order chi connectivity index (χ1) is 17.3. The van der Waals surface area contributed by atoms with Crippen molar-refractivity contribution >= 4 is 56.5 Å². The van der Waals surface area contributed by atoms with Gasteiger partial charge in [0.25, 0.3) is 11.1 Å². The van der Waals surface area contributed by atoms with Crippen molar-refractivity contribution in [1.29, 1.82) is 0 Å². The number of benzene rings is 2. The first-order valence-electron chi connectivity index (χ1n) is 10.5. The second-order valence-corrected chi connectivity index (χ2v) is 9.31. The van der Waals surface area contributed by atoms with E-state index < -0.39 is 29.4 Å². The van der Waals surface area contributed by atoms with Crippen LogP contribution in [0.4, 0.5) is 14.9 Å². The molecule has 8 nitrogen and oxygen atoms in total. The maximum Gasteiger partial charge on any atom is 0.294 e. The van der Waals surface area contributed by atoms with Gasteiger partial charge < -0.3 is 14.8 Å². The molecule has 1 N–H and O–H groups in total. The molecule has 0 atom stereocenters. The molecule has 184 valence electrons. The number of amides is 3. The summed E-state index contributed by atoms with van der Waals surface area (Å²) in [5, 5.41) is 1.96. The van der Waals surface area contributed by atoms with E-state index in [9.17, 15) is 18.8 Å². The normalized spacial score (nSPS) is 14.3. The topological polar surface area (TPSA) is 97.8 Å². The Kier molecular flexibility index (Phi) is 8.01. The lowest BCUT2D eigenvalue weighted by molar-refractivity contribution is -0.127. The van der Waals surface area contributed by atoms with E-state index in [0.29, 0.717) is 27.2 Å². The van der Waals surface area contributed by atoms with Crippen LogP contribution in [-0.4, -0.2) is 40.6 Å². The van der Waals surface area contributed by atoms with Gasteiger partial charge in [-0.1, -0.05) is 6.07 Å². The van der Waals surface area contributed by atoms with E-state index in [4.69, 9.17) is 9.47 Å². The molecule has 2 aromatic carbocycles. The lowest BCUT2D eigenvalue weighted by Gasteiger charge is -2.14. The van der Waals surface area contributed by atoms with E-state index in [1.807, 2.05) is 18.2 Å². The molecule has 11 heteroatoms. The Morgan fingerprint density at radius 3 is 2.67 bits per heavy atom. The lowest BCUT2D eigenvalue weighted by Crippen LogP contribution is -2.36. The minimum atomic E-state index is -0.593. The van der Waals surface area contributed by atoms with Crippen LogP contribution in [0.3, 0.4) is 0 Å². The zero-order valence-corrected chi connectivity index (χ0v) is 21.3. The Morgan fingerprint density at radius 2 is 1.97 bits per heavy atom. The van der Waals surface area contributed by atoms with Crippen LogP contribution in [0.2, 0.25) is 0 Å². The zero-order valence-electron chi connectivity index (χ0n) is 18.9. The van der Waals surface area contributed by atoms with Crippen LogP contribution >= 0.6 is 27.7 Å². The number of nitrogens with zero attached hydrogens (tertiary/aromatic N) is 2. The van der Waals surface area contributed by atoms with Gasteiger partial charge in [0.15, 0.2) is 11.5 Å². The Bertz CT molecular complexity index is 1340. The van der Waals surface area contributed by atoms with Crippen molar-refractivity contribution in [1.82, 2.24) is 9.88 Å². The number of pyridine rings is 1. The van der Waals surface area contributed by atoms with E-state index in [2.05, 4.69) is 26.2 Å². The molecule has 2 heterocycles. The third-order valence-corrected chi connectivity index (χ3v) is 6.44. The molecular weight excluding hydrogens is 553 g/mol. The molecular formula is C25H19BrFN3O5S. The number of carbonyl (C=O) groups excluding carboxylic acids is 3. The predicted octanol–water partition coefficient (Wildman–Crippen LogP) is 5.25. The van der Waals surface area contributed by atoms with Crippen molar-refractivity contribution in [3.05, 3.63) is 87.2 Å². The fraction of sp³-hybridized carbons (Fsp3) is 0.120. The summed E-state index contributed by atoms with van der Waals surface area (Å²) in [6, 6.07) is 14.1. The maximum absolute atomic E-state index is 13.0. The summed E-state index contributed by atoms with van der Waals surface area (Å²) < 4.78 is 25.0. The van der Waals surface area contributed by atoms with Gasteiger partial charge in [-0.15, -0.1) is 0 Å². The summed E-state index contributed by atoms with van der Waals surface area (Å²) in [6.45, 7) is -0.235. The minimum Gasteiger partial charge on any atom is -0.493 e. The molecule has 0 radical (unpaired) electrons. The highest BCUT2D eigenvalue weighted by Crippen LogP contribution is 2.39. The van der Waals surface area contributed by atoms with Gasteiger partial charge in [-0.2, -0.15) is 0 Å². The van der Waals surface area contributed by atoms with Gasteiger partial charge in [0.1, 0.15) is 19.0 Å².